The third-order valence-corrected chi connectivity index (χ3v) is 6.93. The molecule has 9 heteroatoms. The molecule has 3 aromatic rings. The van der Waals surface area contributed by atoms with E-state index in [9.17, 15) is 13.6 Å². The van der Waals surface area contributed by atoms with Gasteiger partial charge in [-0.3, -0.25) is 4.79 Å². The second-order valence-corrected chi connectivity index (χ2v) is 9.29. The Morgan fingerprint density at radius 1 is 0.943 bits per heavy atom. The minimum atomic E-state index is -0.658. The smallest absolute Gasteiger partial charge is 0.315 e. The van der Waals surface area contributed by atoms with Crippen LogP contribution in [0.5, 0.6) is 0 Å². The largest absolute Gasteiger partial charge is 0.403 e. The van der Waals surface area contributed by atoms with Crippen LogP contribution in [0.1, 0.15) is 55.3 Å². The molecule has 0 bridgehead atoms. The van der Waals surface area contributed by atoms with E-state index in [1.54, 1.807) is 6.07 Å². The second kappa shape index (κ2) is 10.5. The molecule has 0 unspecified atom stereocenters. The number of likely N-dealkylation sites (tertiary alicyclic amines) is 1. The Labute approximate surface area is 202 Å². The lowest BCUT2D eigenvalue weighted by Crippen LogP contribution is -2.43. The number of aromatic nitrogens is 2. The summed E-state index contributed by atoms with van der Waals surface area (Å²) in [4.78, 5) is 14.9. The lowest BCUT2D eigenvalue weighted by atomic mass is 9.89. The lowest BCUT2D eigenvalue weighted by Gasteiger charge is -2.38. The summed E-state index contributed by atoms with van der Waals surface area (Å²) in [7, 11) is 0. The summed E-state index contributed by atoms with van der Waals surface area (Å²) in [6, 6.07) is 10.9. The van der Waals surface area contributed by atoms with Gasteiger partial charge < -0.3 is 20.0 Å². The van der Waals surface area contributed by atoms with Gasteiger partial charge in [0.25, 0.3) is 11.8 Å². The van der Waals surface area contributed by atoms with E-state index in [2.05, 4.69) is 25.7 Å². The van der Waals surface area contributed by atoms with Gasteiger partial charge in [0.15, 0.2) is 0 Å². The molecule has 1 aliphatic carbocycles. The Hall–Kier alpha value is -3.33. The van der Waals surface area contributed by atoms with Crippen LogP contribution >= 0.6 is 0 Å². The fraction of sp³-hybridized carbons (Fsp3) is 0.423. The average molecular weight is 482 g/mol. The number of carbonyl (C=O) groups is 1. The van der Waals surface area contributed by atoms with Gasteiger partial charge in [0.05, 0.1) is 11.1 Å². The van der Waals surface area contributed by atoms with Crippen LogP contribution in [0.25, 0.3) is 11.5 Å². The van der Waals surface area contributed by atoms with Gasteiger partial charge in [0, 0.05) is 17.8 Å². The normalized spacial score (nSPS) is 21.0. The van der Waals surface area contributed by atoms with Crippen molar-refractivity contribution in [1.82, 2.24) is 15.1 Å². The summed E-state index contributed by atoms with van der Waals surface area (Å²) < 4.78 is 34.3. The van der Waals surface area contributed by atoms with E-state index in [1.165, 1.54) is 62.7 Å². The first-order valence-electron chi connectivity index (χ1n) is 12.3. The van der Waals surface area contributed by atoms with Crippen LogP contribution in [-0.4, -0.2) is 46.2 Å². The van der Waals surface area contributed by atoms with Gasteiger partial charge in [0.1, 0.15) is 11.6 Å². The Kier molecular flexibility index (Phi) is 7.03. The number of nitrogens with one attached hydrogen (secondary N) is 2. The molecular formula is C26H29F2N5O2. The highest BCUT2D eigenvalue weighted by atomic mass is 19.1. The molecular weight excluding hydrogens is 452 g/mol. The molecule has 2 heterocycles. The Bertz CT molecular complexity index is 1170. The first kappa shape index (κ1) is 23.4. The van der Waals surface area contributed by atoms with E-state index in [4.69, 9.17) is 4.42 Å². The summed E-state index contributed by atoms with van der Waals surface area (Å²) in [5, 5.41) is 13.8. The van der Waals surface area contributed by atoms with Crippen molar-refractivity contribution in [2.75, 3.05) is 23.7 Å². The van der Waals surface area contributed by atoms with E-state index in [-0.39, 0.29) is 34.8 Å². The van der Waals surface area contributed by atoms with Crippen molar-refractivity contribution >= 4 is 17.6 Å². The second-order valence-electron chi connectivity index (χ2n) is 9.29. The standard InChI is InChI=1S/C26H29F2N5O2/c27-22-7-3-2-6-20(22)24(34)29-18-10-13-21(23(28)16-18)25-31-32-26(35-25)30-17-8-11-19(12-9-17)33-14-4-1-5-15-33/h2-3,6-7,10,13,16-17,19H,1,4-5,8-9,11-12,14-15H2,(H,29,34)(H,30,32). The van der Waals surface area contributed by atoms with Crippen molar-refractivity contribution in [3.63, 3.8) is 0 Å². The van der Waals surface area contributed by atoms with Gasteiger partial charge in [-0.05, 0) is 81.9 Å². The maximum atomic E-state index is 14.8. The fourth-order valence-electron chi connectivity index (χ4n) is 5.04. The molecule has 7 nitrogen and oxygen atoms in total. The minimum Gasteiger partial charge on any atom is -0.403 e. The van der Waals surface area contributed by atoms with Gasteiger partial charge in [-0.2, -0.15) is 0 Å². The van der Waals surface area contributed by atoms with Crippen molar-refractivity contribution in [3.8, 4) is 11.5 Å². The van der Waals surface area contributed by atoms with E-state index < -0.39 is 17.5 Å². The number of benzene rings is 2. The summed E-state index contributed by atoms with van der Waals surface area (Å²) in [6.07, 6.45) is 8.31. The Balaban J connectivity index is 1.18. The summed E-state index contributed by atoms with van der Waals surface area (Å²) >= 11 is 0. The predicted molar refractivity (Wildman–Crippen MR) is 129 cm³/mol. The molecule has 0 radical (unpaired) electrons. The molecule has 5 rings (SSSR count). The third kappa shape index (κ3) is 5.51. The topological polar surface area (TPSA) is 83.3 Å². The minimum absolute atomic E-state index is 0.0546. The molecule has 184 valence electrons. The average Bonchev–Trinajstić information content (AvgIpc) is 3.33. The van der Waals surface area contributed by atoms with E-state index in [0.717, 1.165) is 31.7 Å². The van der Waals surface area contributed by atoms with E-state index in [1.807, 2.05) is 0 Å². The predicted octanol–water partition coefficient (Wildman–Crippen LogP) is 5.48. The number of hydrogen-bond donors (Lipinski definition) is 2. The third-order valence-electron chi connectivity index (χ3n) is 6.93. The monoisotopic (exact) mass is 481 g/mol. The van der Waals surface area contributed by atoms with Crippen LogP contribution in [0.4, 0.5) is 20.5 Å². The summed E-state index contributed by atoms with van der Waals surface area (Å²) in [6.45, 7) is 2.43. The van der Waals surface area contributed by atoms with Crippen molar-refractivity contribution in [1.29, 1.82) is 0 Å². The van der Waals surface area contributed by atoms with Gasteiger partial charge in [-0.1, -0.05) is 23.7 Å². The van der Waals surface area contributed by atoms with Crippen molar-refractivity contribution < 1.29 is 18.0 Å². The van der Waals surface area contributed by atoms with Crippen LogP contribution in [0, 0.1) is 11.6 Å². The zero-order valence-electron chi connectivity index (χ0n) is 19.5. The molecule has 1 saturated heterocycles. The number of anilines is 2. The Morgan fingerprint density at radius 3 is 2.46 bits per heavy atom. The number of nitrogens with zero attached hydrogens (tertiary/aromatic N) is 3. The SMILES string of the molecule is O=C(Nc1ccc(-c2nnc(NC3CCC(N4CCCCC4)CC3)o2)c(F)c1)c1ccccc1F. The van der Waals surface area contributed by atoms with Crippen LogP contribution in [0.15, 0.2) is 46.9 Å². The zero-order chi connectivity index (χ0) is 24.2. The van der Waals surface area contributed by atoms with Crippen LogP contribution in [0.3, 0.4) is 0 Å². The molecule has 2 fully saturated rings. The zero-order valence-corrected chi connectivity index (χ0v) is 19.5. The first-order chi connectivity index (χ1) is 17.1. The van der Waals surface area contributed by atoms with Crippen LogP contribution in [0.2, 0.25) is 0 Å². The molecule has 0 spiro atoms. The van der Waals surface area contributed by atoms with Gasteiger partial charge >= 0.3 is 6.01 Å². The molecule has 2 N–H and O–H groups in total. The molecule has 0 atom stereocenters. The highest BCUT2D eigenvalue weighted by Crippen LogP contribution is 2.29. The van der Waals surface area contributed by atoms with Gasteiger partial charge in [0.2, 0.25) is 0 Å². The van der Waals surface area contributed by atoms with E-state index >= 15 is 0 Å². The summed E-state index contributed by atoms with van der Waals surface area (Å²) in [5.74, 6) is -1.88. The van der Waals surface area contributed by atoms with Crippen LogP contribution in [-0.2, 0) is 0 Å². The molecule has 2 aliphatic rings. The molecule has 1 saturated carbocycles. The molecule has 1 aromatic heterocycles. The fourth-order valence-corrected chi connectivity index (χ4v) is 5.04. The number of carbonyl (C=O) groups excluding carboxylic acids is 1. The molecule has 2 aromatic carbocycles. The highest BCUT2D eigenvalue weighted by molar-refractivity contribution is 6.04. The maximum absolute atomic E-state index is 14.8. The van der Waals surface area contributed by atoms with Crippen molar-refractivity contribution in [2.24, 2.45) is 0 Å². The number of amides is 1. The quantitative estimate of drug-likeness (QED) is 0.485. The number of hydrogen-bond acceptors (Lipinski definition) is 6. The van der Waals surface area contributed by atoms with Crippen LogP contribution < -0.4 is 10.6 Å². The van der Waals surface area contributed by atoms with Crippen molar-refractivity contribution in [2.45, 2.75) is 57.0 Å². The molecule has 1 amide bonds. The summed E-state index contributed by atoms with van der Waals surface area (Å²) in [5.41, 5.74) is 0.209. The number of rotatable bonds is 6. The van der Waals surface area contributed by atoms with E-state index in [0.29, 0.717) is 6.04 Å². The maximum Gasteiger partial charge on any atom is 0.315 e. The highest BCUT2D eigenvalue weighted by Gasteiger charge is 2.27. The van der Waals surface area contributed by atoms with Gasteiger partial charge in [-0.25, -0.2) is 8.78 Å². The number of piperidine rings is 1. The Morgan fingerprint density at radius 2 is 1.71 bits per heavy atom. The number of halogens is 2. The van der Waals surface area contributed by atoms with Crippen molar-refractivity contribution in [3.05, 3.63) is 59.7 Å². The lowest BCUT2D eigenvalue weighted by molar-refractivity contribution is 0.102. The molecule has 35 heavy (non-hydrogen) atoms. The van der Waals surface area contributed by atoms with Gasteiger partial charge in [-0.15, -0.1) is 5.10 Å². The first-order valence-corrected chi connectivity index (χ1v) is 12.3. The molecule has 1 aliphatic heterocycles.